The second-order valence-corrected chi connectivity index (χ2v) is 3.99. The van der Waals surface area contributed by atoms with E-state index in [4.69, 9.17) is 14.9 Å². The first-order chi connectivity index (χ1) is 4.48. The zero-order valence-electron chi connectivity index (χ0n) is 9.90. The molecule has 12 heavy (non-hydrogen) atoms. The van der Waals surface area contributed by atoms with Gasteiger partial charge in [-0.1, -0.05) is 19.8 Å². The molecule has 0 bridgehead atoms. The Kier molecular flexibility index (Phi) is 15.8. The fraction of sp³-hybridized carbons (Fsp3) is 1.00. The molecule has 0 aliphatic carbocycles. The summed E-state index contributed by atoms with van der Waals surface area (Å²) in [5.41, 5.74) is 0. The summed E-state index contributed by atoms with van der Waals surface area (Å²) >= 11 is 0. The molecule has 66 valence electrons. The monoisotopic (exact) mass is 216 g/mol. The van der Waals surface area contributed by atoms with E-state index < -0.39 is 13.4 Å². The van der Waals surface area contributed by atoms with Crippen LogP contribution in [0.4, 0.5) is 0 Å². The van der Waals surface area contributed by atoms with Crippen LogP contribution in [0.5, 0.6) is 0 Å². The molecule has 0 saturated carbocycles. The summed E-state index contributed by atoms with van der Waals surface area (Å²) in [7, 11) is -4.23. The molecule has 0 amide bonds. The van der Waals surface area contributed by atoms with E-state index in [1.54, 1.807) is 0 Å². The van der Waals surface area contributed by atoms with E-state index >= 15 is 0 Å². The van der Waals surface area contributed by atoms with Crippen molar-refractivity contribution < 1.29 is 81.4 Å². The first-order valence-corrected chi connectivity index (χ1v) is 4.90. The van der Waals surface area contributed by atoms with Crippen molar-refractivity contribution >= 4 is 7.60 Å². The zero-order valence-corrected chi connectivity index (χ0v) is 12.8. The Morgan fingerprint density at radius 3 is 2.08 bits per heavy atom. The Bertz CT molecular complexity index is 146. The Hall–Kier alpha value is 2.11. The van der Waals surface area contributed by atoms with Gasteiger partial charge in [0.1, 0.15) is 0 Å². The van der Waals surface area contributed by atoms with Crippen LogP contribution < -0.4 is 59.1 Å². The Labute approximate surface area is 120 Å². The van der Waals surface area contributed by atoms with E-state index in [2.05, 4.69) is 0 Å². The third kappa shape index (κ3) is 10.2. The van der Waals surface area contributed by atoms with Crippen molar-refractivity contribution in [1.82, 2.24) is 0 Å². The largest absolute Gasteiger partial charge is 1.00 e. The summed E-state index contributed by atoms with van der Waals surface area (Å²) in [4.78, 5) is 16.7. The summed E-state index contributed by atoms with van der Waals surface area (Å²) in [5.74, 6) is -1.47. The van der Waals surface area contributed by atoms with Crippen LogP contribution in [0.25, 0.3) is 0 Å². The van der Waals surface area contributed by atoms with Gasteiger partial charge in [0.2, 0.25) is 0 Å². The van der Waals surface area contributed by atoms with Crippen LogP contribution >= 0.6 is 7.60 Å². The van der Waals surface area contributed by atoms with Gasteiger partial charge in [0.05, 0.1) is 0 Å². The number of aliphatic hydroxyl groups is 1. The minimum Gasteiger partial charge on any atom is -1.00 e. The normalized spacial score (nSPS) is 12.7. The number of rotatable bonds is 4. The fourth-order valence-electron chi connectivity index (χ4n) is 0.555. The van der Waals surface area contributed by atoms with Crippen molar-refractivity contribution in [3.8, 4) is 0 Å². The predicted octanol–water partition coefficient (Wildman–Crippen LogP) is -5.09. The minimum atomic E-state index is -4.23. The van der Waals surface area contributed by atoms with Crippen LogP contribution in [0.3, 0.4) is 0 Å². The fourth-order valence-corrected chi connectivity index (χ4v) is 1.07. The average molecular weight is 216 g/mol. The van der Waals surface area contributed by atoms with E-state index in [0.717, 1.165) is 6.42 Å². The average Bonchev–Trinajstić information content (AvgIpc) is 1.80. The Morgan fingerprint density at radius 2 is 1.83 bits per heavy atom. The van der Waals surface area contributed by atoms with Crippen molar-refractivity contribution in [1.29, 1.82) is 0 Å². The van der Waals surface area contributed by atoms with Crippen molar-refractivity contribution in [3.63, 3.8) is 0 Å². The van der Waals surface area contributed by atoms with Crippen molar-refractivity contribution in [2.24, 2.45) is 0 Å². The van der Waals surface area contributed by atoms with E-state index in [-0.39, 0.29) is 68.4 Å². The third-order valence-corrected chi connectivity index (χ3v) is 2.24. The molecule has 0 rings (SSSR count). The summed E-state index contributed by atoms with van der Waals surface area (Å²) in [6.07, 6.45) is 1.66. The molecular formula is C5H15Na2O4P. The topological polar surface area (TPSA) is 77.8 Å². The molecule has 0 aromatic carbocycles. The van der Waals surface area contributed by atoms with Crippen LogP contribution in [0.1, 0.15) is 29.0 Å². The molecule has 0 aromatic rings. The van der Waals surface area contributed by atoms with Crippen molar-refractivity contribution in [2.45, 2.75) is 32.0 Å². The molecule has 1 unspecified atom stereocenters. The summed E-state index contributed by atoms with van der Waals surface area (Å²) in [6, 6.07) is 0. The molecule has 7 heteroatoms. The Morgan fingerprint density at radius 1 is 1.42 bits per heavy atom. The van der Waals surface area contributed by atoms with Gasteiger partial charge in [-0.15, -0.1) is 0 Å². The molecule has 0 aliphatic rings. The second-order valence-electron chi connectivity index (χ2n) is 2.21. The van der Waals surface area contributed by atoms with Gasteiger partial charge in [-0.2, -0.15) is 0 Å². The SMILES string of the molecule is CCCCC(O)P(=O)(O)O.[H-].[H-].[Na+].[Na+]. The van der Waals surface area contributed by atoms with Crippen LogP contribution in [0, 0.1) is 0 Å². The van der Waals surface area contributed by atoms with Gasteiger partial charge in [0.15, 0.2) is 5.85 Å². The maximum Gasteiger partial charge on any atom is 1.00 e. The Balaban J connectivity index is -0.0000000675. The first kappa shape index (κ1) is 19.6. The second kappa shape index (κ2) is 9.66. The van der Waals surface area contributed by atoms with Crippen LogP contribution in [-0.4, -0.2) is 20.7 Å². The summed E-state index contributed by atoms with van der Waals surface area (Å²) < 4.78 is 10.3. The number of aliphatic hydroxyl groups excluding tert-OH is 1. The maximum atomic E-state index is 10.3. The minimum absolute atomic E-state index is 0. The summed E-state index contributed by atoms with van der Waals surface area (Å²) in [6.45, 7) is 1.90. The van der Waals surface area contributed by atoms with E-state index in [1.165, 1.54) is 0 Å². The number of hydrogen-bond donors (Lipinski definition) is 3. The quantitative estimate of drug-likeness (QED) is 0.324. The molecule has 0 aliphatic heterocycles. The van der Waals surface area contributed by atoms with E-state index in [9.17, 15) is 4.57 Å². The van der Waals surface area contributed by atoms with Crippen molar-refractivity contribution in [2.75, 3.05) is 0 Å². The van der Waals surface area contributed by atoms with Gasteiger partial charge in [-0.05, 0) is 6.42 Å². The maximum absolute atomic E-state index is 10.3. The zero-order chi connectivity index (χ0) is 8.20. The molecule has 0 spiro atoms. The van der Waals surface area contributed by atoms with Gasteiger partial charge in [0, 0.05) is 0 Å². The molecule has 0 fully saturated rings. The standard InChI is InChI=1S/C5H13O4P.2Na.2H/c1-2-3-4-5(6)10(7,8)9;;;;/h5-6H,2-4H2,1H3,(H2,7,8,9);;;;/q;2*+1;2*-1. The van der Waals surface area contributed by atoms with Gasteiger partial charge < -0.3 is 17.7 Å². The molecular weight excluding hydrogens is 201 g/mol. The third-order valence-electron chi connectivity index (χ3n) is 1.20. The molecule has 3 N–H and O–H groups in total. The molecule has 4 nitrogen and oxygen atoms in total. The van der Waals surface area contributed by atoms with Gasteiger partial charge in [-0.3, -0.25) is 4.57 Å². The van der Waals surface area contributed by atoms with Crippen LogP contribution in [0.2, 0.25) is 0 Å². The van der Waals surface area contributed by atoms with Crippen LogP contribution in [-0.2, 0) is 4.57 Å². The molecule has 0 heterocycles. The molecule has 0 radical (unpaired) electrons. The first-order valence-electron chi connectivity index (χ1n) is 3.21. The number of unbranched alkanes of at least 4 members (excludes halogenated alkanes) is 1. The molecule has 0 aromatic heterocycles. The number of hydrogen-bond acceptors (Lipinski definition) is 2. The van der Waals surface area contributed by atoms with Crippen LogP contribution in [0.15, 0.2) is 0 Å². The van der Waals surface area contributed by atoms with E-state index in [1.807, 2.05) is 6.92 Å². The predicted molar refractivity (Wildman–Crippen MR) is 39.8 cm³/mol. The molecule has 0 saturated heterocycles. The van der Waals surface area contributed by atoms with Gasteiger partial charge >= 0.3 is 66.7 Å². The van der Waals surface area contributed by atoms with Crippen molar-refractivity contribution in [3.05, 3.63) is 0 Å². The summed E-state index contributed by atoms with van der Waals surface area (Å²) in [5, 5.41) is 8.75. The molecule has 1 atom stereocenters. The van der Waals surface area contributed by atoms with E-state index in [0.29, 0.717) is 6.42 Å². The van der Waals surface area contributed by atoms with Gasteiger partial charge in [0.25, 0.3) is 0 Å². The smallest absolute Gasteiger partial charge is 1.00 e. The van der Waals surface area contributed by atoms with Gasteiger partial charge in [-0.25, -0.2) is 0 Å².